The molecule has 1 heterocycles. The van der Waals surface area contributed by atoms with Crippen LogP contribution >= 0.6 is 15.9 Å². The summed E-state index contributed by atoms with van der Waals surface area (Å²) in [7, 11) is 0. The molecule has 88 valence electrons. The van der Waals surface area contributed by atoms with Crippen molar-refractivity contribution in [2.75, 3.05) is 0 Å². The number of pyridine rings is 1. The molecule has 1 unspecified atom stereocenters. The summed E-state index contributed by atoms with van der Waals surface area (Å²) in [5.74, 6) is -0.289. The molecule has 2 nitrogen and oxygen atoms in total. The SMILES string of the molecule is NC(Cc1ccccn1)c1ccc(Br)cc1F. The molecule has 4 heteroatoms. The Hall–Kier alpha value is -1.26. The van der Waals surface area contributed by atoms with Crippen molar-refractivity contribution in [3.05, 3.63) is 64.1 Å². The summed E-state index contributed by atoms with van der Waals surface area (Å²) in [5.41, 5.74) is 7.36. The fourth-order valence-corrected chi connectivity index (χ4v) is 1.99. The summed E-state index contributed by atoms with van der Waals surface area (Å²) in [6.45, 7) is 0. The van der Waals surface area contributed by atoms with Crippen LogP contribution in [0.3, 0.4) is 0 Å². The molecule has 1 aromatic heterocycles. The third-order valence-corrected chi connectivity index (χ3v) is 3.01. The van der Waals surface area contributed by atoms with Gasteiger partial charge in [-0.05, 0) is 24.3 Å². The van der Waals surface area contributed by atoms with Gasteiger partial charge in [0.2, 0.25) is 0 Å². The van der Waals surface area contributed by atoms with Crippen LogP contribution in [0.5, 0.6) is 0 Å². The van der Waals surface area contributed by atoms with Crippen molar-refractivity contribution in [1.82, 2.24) is 4.98 Å². The summed E-state index contributed by atoms with van der Waals surface area (Å²) in [6, 6.07) is 10.2. The van der Waals surface area contributed by atoms with Crippen LogP contribution in [-0.2, 0) is 6.42 Å². The number of hydrogen-bond acceptors (Lipinski definition) is 2. The van der Waals surface area contributed by atoms with Gasteiger partial charge >= 0.3 is 0 Å². The normalized spacial score (nSPS) is 12.4. The van der Waals surface area contributed by atoms with Crippen molar-refractivity contribution in [3.63, 3.8) is 0 Å². The lowest BCUT2D eigenvalue weighted by molar-refractivity contribution is 0.577. The van der Waals surface area contributed by atoms with Gasteiger partial charge in [0.05, 0.1) is 0 Å². The Balaban J connectivity index is 2.17. The van der Waals surface area contributed by atoms with Gasteiger partial charge in [0.25, 0.3) is 0 Å². The lowest BCUT2D eigenvalue weighted by Crippen LogP contribution is -2.15. The zero-order valence-electron chi connectivity index (χ0n) is 9.11. The van der Waals surface area contributed by atoms with Gasteiger partial charge in [0.1, 0.15) is 5.82 Å². The summed E-state index contributed by atoms with van der Waals surface area (Å²) in [5, 5.41) is 0. The molecule has 0 aliphatic rings. The van der Waals surface area contributed by atoms with Gasteiger partial charge in [-0.3, -0.25) is 4.98 Å². The Kier molecular flexibility index (Phi) is 3.86. The Bertz CT molecular complexity index is 502. The quantitative estimate of drug-likeness (QED) is 0.944. The van der Waals surface area contributed by atoms with E-state index in [-0.39, 0.29) is 11.9 Å². The van der Waals surface area contributed by atoms with E-state index in [1.165, 1.54) is 6.07 Å². The Labute approximate surface area is 108 Å². The van der Waals surface area contributed by atoms with E-state index >= 15 is 0 Å². The van der Waals surface area contributed by atoms with E-state index in [2.05, 4.69) is 20.9 Å². The largest absolute Gasteiger partial charge is 0.324 e. The third-order valence-electron chi connectivity index (χ3n) is 2.52. The van der Waals surface area contributed by atoms with Crippen molar-refractivity contribution in [2.45, 2.75) is 12.5 Å². The fourth-order valence-electron chi connectivity index (χ4n) is 1.66. The van der Waals surface area contributed by atoms with Gasteiger partial charge in [-0.2, -0.15) is 0 Å². The zero-order chi connectivity index (χ0) is 12.3. The van der Waals surface area contributed by atoms with E-state index in [1.54, 1.807) is 18.3 Å². The van der Waals surface area contributed by atoms with Crippen LogP contribution in [0.2, 0.25) is 0 Å². The molecule has 0 fully saturated rings. The molecule has 1 aromatic carbocycles. The first-order chi connectivity index (χ1) is 8.16. The first kappa shape index (κ1) is 12.2. The van der Waals surface area contributed by atoms with Crippen molar-refractivity contribution >= 4 is 15.9 Å². The number of nitrogens with two attached hydrogens (primary N) is 1. The third kappa shape index (κ3) is 3.11. The first-order valence-electron chi connectivity index (χ1n) is 5.27. The van der Waals surface area contributed by atoms with E-state index in [0.717, 1.165) is 5.69 Å². The lowest BCUT2D eigenvalue weighted by Gasteiger charge is -2.12. The summed E-state index contributed by atoms with van der Waals surface area (Å²) < 4.78 is 14.4. The topological polar surface area (TPSA) is 38.9 Å². The molecule has 0 spiro atoms. The molecule has 1 atom stereocenters. The summed E-state index contributed by atoms with van der Waals surface area (Å²) in [6.07, 6.45) is 2.24. The summed E-state index contributed by atoms with van der Waals surface area (Å²) >= 11 is 3.22. The number of benzene rings is 1. The number of nitrogens with zero attached hydrogens (tertiary/aromatic N) is 1. The maximum Gasteiger partial charge on any atom is 0.129 e. The molecule has 0 amide bonds. The molecule has 0 bridgehead atoms. The molecule has 2 rings (SSSR count). The van der Waals surface area contributed by atoms with Crippen LogP contribution in [0.15, 0.2) is 47.1 Å². The lowest BCUT2D eigenvalue weighted by atomic mass is 10.0. The van der Waals surface area contributed by atoms with Gasteiger partial charge in [-0.15, -0.1) is 0 Å². The molecule has 2 N–H and O–H groups in total. The Morgan fingerprint density at radius 3 is 2.76 bits per heavy atom. The average molecular weight is 295 g/mol. The highest BCUT2D eigenvalue weighted by atomic mass is 79.9. The predicted octanol–water partition coefficient (Wildman–Crippen LogP) is 3.23. The maximum absolute atomic E-state index is 13.7. The van der Waals surface area contributed by atoms with Gasteiger partial charge < -0.3 is 5.73 Å². The van der Waals surface area contributed by atoms with Gasteiger partial charge in [-0.25, -0.2) is 4.39 Å². The zero-order valence-corrected chi connectivity index (χ0v) is 10.7. The highest BCUT2D eigenvalue weighted by Crippen LogP contribution is 2.21. The van der Waals surface area contributed by atoms with Crippen LogP contribution < -0.4 is 5.73 Å². The van der Waals surface area contributed by atoms with E-state index in [9.17, 15) is 4.39 Å². The second-order valence-electron chi connectivity index (χ2n) is 3.80. The standard InChI is InChI=1S/C13H12BrFN2/c14-9-4-5-11(12(15)7-9)13(16)8-10-3-1-2-6-17-10/h1-7,13H,8,16H2. The van der Waals surface area contributed by atoms with Crippen molar-refractivity contribution in [3.8, 4) is 0 Å². The second kappa shape index (κ2) is 5.38. The average Bonchev–Trinajstić information content (AvgIpc) is 2.30. The fraction of sp³-hybridized carbons (Fsp3) is 0.154. The first-order valence-corrected chi connectivity index (χ1v) is 6.06. The molecule has 0 aliphatic heterocycles. The van der Waals surface area contributed by atoms with Crippen molar-refractivity contribution in [1.29, 1.82) is 0 Å². The molecule has 17 heavy (non-hydrogen) atoms. The Morgan fingerprint density at radius 1 is 1.29 bits per heavy atom. The predicted molar refractivity (Wildman–Crippen MR) is 69.0 cm³/mol. The van der Waals surface area contributed by atoms with E-state index in [1.807, 2.05) is 18.2 Å². The van der Waals surface area contributed by atoms with Gasteiger partial charge in [0.15, 0.2) is 0 Å². The van der Waals surface area contributed by atoms with Crippen LogP contribution in [0, 0.1) is 5.82 Å². The minimum absolute atomic E-state index is 0.289. The number of aromatic nitrogens is 1. The maximum atomic E-state index is 13.7. The molecule has 0 aliphatic carbocycles. The van der Waals surface area contributed by atoms with Crippen LogP contribution in [-0.4, -0.2) is 4.98 Å². The van der Waals surface area contributed by atoms with E-state index in [0.29, 0.717) is 16.5 Å². The highest BCUT2D eigenvalue weighted by molar-refractivity contribution is 9.10. The number of hydrogen-bond donors (Lipinski definition) is 1. The Morgan fingerprint density at radius 2 is 2.12 bits per heavy atom. The smallest absolute Gasteiger partial charge is 0.129 e. The van der Waals surface area contributed by atoms with Crippen LogP contribution in [0.4, 0.5) is 4.39 Å². The molecule has 0 saturated carbocycles. The molecule has 0 radical (unpaired) electrons. The van der Waals surface area contributed by atoms with E-state index < -0.39 is 0 Å². The van der Waals surface area contributed by atoms with Crippen LogP contribution in [0.25, 0.3) is 0 Å². The highest BCUT2D eigenvalue weighted by Gasteiger charge is 2.12. The van der Waals surface area contributed by atoms with Crippen molar-refractivity contribution < 1.29 is 4.39 Å². The molecular weight excluding hydrogens is 283 g/mol. The van der Waals surface area contributed by atoms with Crippen LogP contribution in [0.1, 0.15) is 17.3 Å². The summed E-state index contributed by atoms with van der Waals surface area (Å²) in [4.78, 5) is 4.18. The minimum Gasteiger partial charge on any atom is -0.324 e. The number of rotatable bonds is 3. The minimum atomic E-state index is -0.377. The monoisotopic (exact) mass is 294 g/mol. The van der Waals surface area contributed by atoms with Gasteiger partial charge in [0, 0.05) is 34.4 Å². The molecule has 2 aromatic rings. The number of halogens is 2. The molecular formula is C13H12BrFN2. The van der Waals surface area contributed by atoms with E-state index in [4.69, 9.17) is 5.73 Å². The molecule has 0 saturated heterocycles. The van der Waals surface area contributed by atoms with Gasteiger partial charge in [-0.1, -0.05) is 28.1 Å². The second-order valence-corrected chi connectivity index (χ2v) is 4.71. The van der Waals surface area contributed by atoms with Crippen molar-refractivity contribution in [2.24, 2.45) is 5.73 Å².